The summed E-state index contributed by atoms with van der Waals surface area (Å²) in [5, 5.41) is 0. The van der Waals surface area contributed by atoms with Crippen LogP contribution in [0.4, 0.5) is 5.82 Å². The summed E-state index contributed by atoms with van der Waals surface area (Å²) in [5.74, 6) is 2.00. The van der Waals surface area contributed by atoms with Gasteiger partial charge in [0, 0.05) is 25.3 Å². The van der Waals surface area contributed by atoms with Crippen LogP contribution in [0.5, 0.6) is 0 Å². The highest BCUT2D eigenvalue weighted by atomic mass is 15.2. The summed E-state index contributed by atoms with van der Waals surface area (Å²) in [6, 6.07) is 4.36. The molecule has 1 unspecified atom stereocenters. The summed E-state index contributed by atoms with van der Waals surface area (Å²) in [5.41, 5.74) is 7.19. The Kier molecular flexibility index (Phi) is 4.00. The van der Waals surface area contributed by atoms with Crippen molar-refractivity contribution in [3.05, 3.63) is 23.9 Å². The Morgan fingerprint density at radius 2 is 2.18 bits per heavy atom. The predicted octanol–water partition coefficient (Wildman–Crippen LogP) is 2.21. The Bertz CT molecular complexity index is 354. The molecule has 0 radical (unpaired) electrons. The van der Waals surface area contributed by atoms with Crippen LogP contribution < -0.4 is 10.6 Å². The van der Waals surface area contributed by atoms with Gasteiger partial charge in [0.25, 0.3) is 0 Å². The molecule has 1 atom stereocenters. The van der Waals surface area contributed by atoms with Crippen molar-refractivity contribution < 1.29 is 0 Å². The quantitative estimate of drug-likeness (QED) is 0.870. The Morgan fingerprint density at radius 1 is 1.47 bits per heavy atom. The van der Waals surface area contributed by atoms with Gasteiger partial charge in [-0.05, 0) is 43.7 Å². The third-order valence-corrected chi connectivity index (χ3v) is 3.49. The van der Waals surface area contributed by atoms with Gasteiger partial charge in [0.2, 0.25) is 0 Å². The van der Waals surface area contributed by atoms with Crippen LogP contribution in [0.3, 0.4) is 0 Å². The second kappa shape index (κ2) is 5.50. The second-order valence-corrected chi connectivity index (χ2v) is 5.34. The Hall–Kier alpha value is -1.09. The predicted molar refractivity (Wildman–Crippen MR) is 72.2 cm³/mol. The van der Waals surface area contributed by atoms with E-state index in [4.69, 9.17) is 5.73 Å². The van der Waals surface area contributed by atoms with Gasteiger partial charge in [-0.3, -0.25) is 0 Å². The van der Waals surface area contributed by atoms with E-state index in [9.17, 15) is 0 Å². The topological polar surface area (TPSA) is 42.1 Å². The van der Waals surface area contributed by atoms with Crippen molar-refractivity contribution in [3.8, 4) is 0 Å². The maximum Gasteiger partial charge on any atom is 0.131 e. The average Bonchev–Trinajstić information content (AvgIpc) is 2.30. The molecule has 2 N–H and O–H groups in total. The number of hydrogen-bond acceptors (Lipinski definition) is 3. The van der Waals surface area contributed by atoms with Gasteiger partial charge >= 0.3 is 0 Å². The van der Waals surface area contributed by atoms with Gasteiger partial charge in [-0.1, -0.05) is 13.0 Å². The van der Waals surface area contributed by atoms with E-state index in [0.29, 0.717) is 0 Å². The molecule has 2 heterocycles. The lowest BCUT2D eigenvalue weighted by atomic mass is 9.98. The SMILES string of the molecule is CC(N)Cc1cccnc1N1CCC(C)CC1. The molecule has 2 rings (SSSR count). The van der Waals surface area contributed by atoms with E-state index in [0.717, 1.165) is 31.2 Å². The van der Waals surface area contributed by atoms with E-state index in [1.165, 1.54) is 18.4 Å². The van der Waals surface area contributed by atoms with Crippen molar-refractivity contribution in [2.45, 2.75) is 39.2 Å². The molecule has 3 heteroatoms. The minimum Gasteiger partial charge on any atom is -0.356 e. The summed E-state index contributed by atoms with van der Waals surface area (Å²) >= 11 is 0. The monoisotopic (exact) mass is 233 g/mol. The summed E-state index contributed by atoms with van der Waals surface area (Å²) in [7, 11) is 0. The van der Waals surface area contributed by atoms with Crippen LogP contribution in [0.15, 0.2) is 18.3 Å². The second-order valence-electron chi connectivity index (χ2n) is 5.34. The maximum absolute atomic E-state index is 5.90. The van der Waals surface area contributed by atoms with Crippen molar-refractivity contribution in [2.75, 3.05) is 18.0 Å². The lowest BCUT2D eigenvalue weighted by Gasteiger charge is -2.32. The standard InChI is InChI=1S/C14H23N3/c1-11-5-8-17(9-6-11)14-13(10-12(2)15)4-3-7-16-14/h3-4,7,11-12H,5-6,8-10,15H2,1-2H3. The summed E-state index contributed by atoms with van der Waals surface area (Å²) < 4.78 is 0. The first kappa shape index (κ1) is 12.4. The minimum absolute atomic E-state index is 0.196. The highest BCUT2D eigenvalue weighted by molar-refractivity contribution is 5.47. The smallest absolute Gasteiger partial charge is 0.131 e. The minimum atomic E-state index is 0.196. The lowest BCUT2D eigenvalue weighted by molar-refractivity contribution is 0.436. The van der Waals surface area contributed by atoms with Gasteiger partial charge in [0.1, 0.15) is 5.82 Å². The fourth-order valence-corrected chi connectivity index (χ4v) is 2.44. The Labute approximate surface area is 104 Å². The fourth-order valence-electron chi connectivity index (χ4n) is 2.44. The number of nitrogens with two attached hydrogens (primary N) is 1. The van der Waals surface area contributed by atoms with Crippen LogP contribution in [0.2, 0.25) is 0 Å². The molecule has 1 fully saturated rings. The van der Waals surface area contributed by atoms with E-state index in [2.05, 4.69) is 29.8 Å². The molecule has 0 aliphatic carbocycles. The Balaban J connectivity index is 2.14. The third-order valence-electron chi connectivity index (χ3n) is 3.49. The zero-order valence-electron chi connectivity index (χ0n) is 10.9. The number of nitrogens with zero attached hydrogens (tertiary/aromatic N) is 2. The zero-order chi connectivity index (χ0) is 12.3. The van der Waals surface area contributed by atoms with Crippen LogP contribution in [0.25, 0.3) is 0 Å². The van der Waals surface area contributed by atoms with Crippen LogP contribution in [0, 0.1) is 5.92 Å². The summed E-state index contributed by atoms with van der Waals surface area (Å²) in [4.78, 5) is 6.97. The molecule has 17 heavy (non-hydrogen) atoms. The molecule has 1 aliphatic rings. The van der Waals surface area contributed by atoms with Gasteiger partial charge in [0.15, 0.2) is 0 Å². The maximum atomic E-state index is 5.90. The fraction of sp³-hybridized carbons (Fsp3) is 0.643. The van der Waals surface area contributed by atoms with E-state index >= 15 is 0 Å². The van der Waals surface area contributed by atoms with Crippen LogP contribution >= 0.6 is 0 Å². The largest absolute Gasteiger partial charge is 0.356 e. The van der Waals surface area contributed by atoms with Gasteiger partial charge in [0.05, 0.1) is 0 Å². The molecule has 0 bridgehead atoms. The molecular formula is C14H23N3. The molecular weight excluding hydrogens is 210 g/mol. The molecule has 1 aromatic heterocycles. The van der Waals surface area contributed by atoms with E-state index < -0.39 is 0 Å². The highest BCUT2D eigenvalue weighted by Crippen LogP contribution is 2.24. The molecule has 3 nitrogen and oxygen atoms in total. The first-order chi connectivity index (χ1) is 8.16. The number of aromatic nitrogens is 1. The highest BCUT2D eigenvalue weighted by Gasteiger charge is 2.19. The van der Waals surface area contributed by atoms with Crippen molar-refractivity contribution >= 4 is 5.82 Å². The molecule has 1 aliphatic heterocycles. The average molecular weight is 233 g/mol. The van der Waals surface area contributed by atoms with Gasteiger partial charge in [-0.2, -0.15) is 0 Å². The first-order valence-electron chi connectivity index (χ1n) is 6.61. The van der Waals surface area contributed by atoms with Crippen molar-refractivity contribution in [1.29, 1.82) is 0 Å². The van der Waals surface area contributed by atoms with Gasteiger partial charge < -0.3 is 10.6 Å². The number of pyridine rings is 1. The van der Waals surface area contributed by atoms with Crippen molar-refractivity contribution in [1.82, 2.24) is 4.98 Å². The number of piperidine rings is 1. The molecule has 0 spiro atoms. The van der Waals surface area contributed by atoms with E-state index in [1.54, 1.807) is 0 Å². The van der Waals surface area contributed by atoms with Crippen LogP contribution in [0.1, 0.15) is 32.3 Å². The molecule has 0 saturated carbocycles. The summed E-state index contributed by atoms with van der Waals surface area (Å²) in [6.07, 6.45) is 5.34. The summed E-state index contributed by atoms with van der Waals surface area (Å²) in [6.45, 7) is 6.64. The third kappa shape index (κ3) is 3.19. The first-order valence-corrected chi connectivity index (χ1v) is 6.61. The van der Waals surface area contributed by atoms with E-state index in [-0.39, 0.29) is 6.04 Å². The van der Waals surface area contributed by atoms with Gasteiger partial charge in [-0.15, -0.1) is 0 Å². The molecule has 0 amide bonds. The lowest BCUT2D eigenvalue weighted by Crippen LogP contribution is -2.34. The van der Waals surface area contributed by atoms with Crippen molar-refractivity contribution in [3.63, 3.8) is 0 Å². The van der Waals surface area contributed by atoms with Crippen LogP contribution in [-0.2, 0) is 6.42 Å². The Morgan fingerprint density at radius 3 is 2.82 bits per heavy atom. The number of hydrogen-bond donors (Lipinski definition) is 1. The zero-order valence-corrected chi connectivity index (χ0v) is 10.9. The van der Waals surface area contributed by atoms with Crippen molar-refractivity contribution in [2.24, 2.45) is 11.7 Å². The number of anilines is 1. The number of rotatable bonds is 3. The molecule has 1 saturated heterocycles. The van der Waals surface area contributed by atoms with E-state index in [1.807, 2.05) is 12.3 Å². The molecule has 94 valence electrons. The normalized spacial score (nSPS) is 19.4. The van der Waals surface area contributed by atoms with Crippen LogP contribution in [-0.4, -0.2) is 24.1 Å². The molecule has 0 aromatic carbocycles. The molecule has 1 aromatic rings. The van der Waals surface area contributed by atoms with Gasteiger partial charge in [-0.25, -0.2) is 4.98 Å².